The fourth-order valence-corrected chi connectivity index (χ4v) is 4.57. The third-order valence-corrected chi connectivity index (χ3v) is 5.97. The summed E-state index contributed by atoms with van der Waals surface area (Å²) in [5.74, 6) is -0.396. The van der Waals surface area contributed by atoms with E-state index in [1.54, 1.807) is 24.3 Å². The van der Waals surface area contributed by atoms with Crippen molar-refractivity contribution in [2.75, 3.05) is 0 Å². The highest BCUT2D eigenvalue weighted by molar-refractivity contribution is 6.35. The quantitative estimate of drug-likeness (QED) is 0.425. The monoisotopic (exact) mass is 376 g/mol. The maximum atomic E-state index is 13.8. The second-order valence-electron chi connectivity index (χ2n) is 7.49. The van der Waals surface area contributed by atoms with Gasteiger partial charge in [0.05, 0.1) is 0 Å². The molecule has 0 fully saturated rings. The van der Waals surface area contributed by atoms with E-state index in [1.807, 2.05) is 60.7 Å². The smallest absolute Gasteiger partial charge is 0.189 e. The van der Waals surface area contributed by atoms with Gasteiger partial charge in [-0.2, -0.15) is 0 Å². The molecule has 6 rings (SSSR count). The number of aromatic nitrogens is 2. The lowest BCUT2D eigenvalue weighted by molar-refractivity contribution is 0.0824. The summed E-state index contributed by atoms with van der Waals surface area (Å²) in [7, 11) is 0. The molecule has 0 spiro atoms. The zero-order valence-corrected chi connectivity index (χ0v) is 15.4. The zero-order valence-electron chi connectivity index (χ0n) is 15.4. The van der Waals surface area contributed by atoms with Crippen LogP contribution in [0, 0.1) is 0 Å². The molecule has 29 heavy (non-hydrogen) atoms. The van der Waals surface area contributed by atoms with Gasteiger partial charge in [-0.25, -0.2) is 0 Å². The molecular weight excluding hydrogens is 360 g/mol. The Morgan fingerprint density at radius 1 is 0.552 bits per heavy atom. The lowest BCUT2D eigenvalue weighted by atomic mass is 9.76. The number of nitrogens with one attached hydrogen (secondary N) is 2. The number of benzene rings is 3. The molecule has 138 valence electrons. The highest BCUT2D eigenvalue weighted by Crippen LogP contribution is 2.45. The minimum atomic E-state index is -1.44. The molecule has 0 radical (unpaired) electrons. The summed E-state index contributed by atoms with van der Waals surface area (Å²) in [6.45, 7) is 0. The van der Waals surface area contributed by atoms with Crippen LogP contribution in [0.3, 0.4) is 0 Å². The van der Waals surface area contributed by atoms with Gasteiger partial charge in [0.1, 0.15) is 0 Å². The van der Waals surface area contributed by atoms with Crippen LogP contribution < -0.4 is 0 Å². The standard InChI is InChI=1S/C25H16N2O2/c28-23-17-9-3-4-10-18(17)24(29)25(23,21-13-15-7-1-5-11-19(15)26-21)22-14-16-8-2-6-12-20(16)27-22/h1-14,26-27H. The first-order valence-corrected chi connectivity index (χ1v) is 9.54. The maximum absolute atomic E-state index is 13.8. The Balaban J connectivity index is 1.72. The van der Waals surface area contributed by atoms with Crippen molar-refractivity contribution in [2.24, 2.45) is 0 Å². The van der Waals surface area contributed by atoms with Gasteiger partial charge in [0.25, 0.3) is 0 Å². The van der Waals surface area contributed by atoms with Crippen LogP contribution >= 0.6 is 0 Å². The van der Waals surface area contributed by atoms with Crippen molar-refractivity contribution in [3.8, 4) is 0 Å². The molecule has 1 aliphatic rings. The molecule has 3 aromatic carbocycles. The van der Waals surface area contributed by atoms with Crippen molar-refractivity contribution < 1.29 is 9.59 Å². The Morgan fingerprint density at radius 2 is 0.966 bits per heavy atom. The topological polar surface area (TPSA) is 65.7 Å². The van der Waals surface area contributed by atoms with Gasteiger partial charge in [0.15, 0.2) is 17.0 Å². The van der Waals surface area contributed by atoms with Crippen LogP contribution in [0.2, 0.25) is 0 Å². The minimum Gasteiger partial charge on any atom is -0.357 e. The van der Waals surface area contributed by atoms with E-state index in [0.29, 0.717) is 22.5 Å². The van der Waals surface area contributed by atoms with Crippen molar-refractivity contribution in [3.63, 3.8) is 0 Å². The number of H-pyrrole nitrogens is 2. The molecule has 0 bridgehead atoms. The van der Waals surface area contributed by atoms with Gasteiger partial charge in [-0.3, -0.25) is 9.59 Å². The average Bonchev–Trinajstić information content (AvgIpc) is 3.43. The van der Waals surface area contributed by atoms with Gasteiger partial charge < -0.3 is 9.97 Å². The molecule has 0 saturated carbocycles. The molecule has 0 atom stereocenters. The number of ketones is 2. The Morgan fingerprint density at radius 3 is 1.41 bits per heavy atom. The van der Waals surface area contributed by atoms with Crippen molar-refractivity contribution in [3.05, 3.63) is 107 Å². The fraction of sp³-hybridized carbons (Fsp3) is 0.0400. The maximum Gasteiger partial charge on any atom is 0.189 e. The molecule has 2 N–H and O–H groups in total. The molecular formula is C25H16N2O2. The molecule has 1 aliphatic carbocycles. The van der Waals surface area contributed by atoms with Crippen LogP contribution in [0.1, 0.15) is 32.1 Å². The van der Waals surface area contributed by atoms with Crippen LogP contribution in [0.4, 0.5) is 0 Å². The molecule has 0 saturated heterocycles. The average molecular weight is 376 g/mol. The van der Waals surface area contributed by atoms with E-state index in [4.69, 9.17) is 0 Å². The molecule has 2 aromatic heterocycles. The van der Waals surface area contributed by atoms with Crippen molar-refractivity contribution in [1.82, 2.24) is 9.97 Å². The lowest BCUT2D eigenvalue weighted by Crippen LogP contribution is -2.40. The summed E-state index contributed by atoms with van der Waals surface area (Å²) in [5, 5.41) is 1.93. The van der Waals surface area contributed by atoms with Gasteiger partial charge in [-0.1, -0.05) is 60.7 Å². The molecule has 0 amide bonds. The summed E-state index contributed by atoms with van der Waals surface area (Å²) in [5.41, 5.74) is 2.48. The summed E-state index contributed by atoms with van der Waals surface area (Å²) in [4.78, 5) is 34.4. The Bertz CT molecular complexity index is 1280. The summed E-state index contributed by atoms with van der Waals surface area (Å²) >= 11 is 0. The van der Waals surface area contributed by atoms with Gasteiger partial charge >= 0.3 is 0 Å². The molecule has 2 heterocycles. The second kappa shape index (κ2) is 5.55. The van der Waals surface area contributed by atoms with E-state index in [0.717, 1.165) is 21.8 Å². The first-order valence-electron chi connectivity index (χ1n) is 9.54. The predicted octanol–water partition coefficient (Wildman–Crippen LogP) is 5.01. The fourth-order valence-electron chi connectivity index (χ4n) is 4.57. The van der Waals surface area contributed by atoms with Crippen molar-refractivity contribution in [2.45, 2.75) is 5.41 Å². The van der Waals surface area contributed by atoms with Crippen LogP contribution in [0.25, 0.3) is 21.8 Å². The first-order chi connectivity index (χ1) is 14.2. The van der Waals surface area contributed by atoms with Crippen LogP contribution in [-0.2, 0) is 5.41 Å². The molecule has 4 nitrogen and oxygen atoms in total. The number of fused-ring (bicyclic) bond motifs is 3. The minimum absolute atomic E-state index is 0.198. The van der Waals surface area contributed by atoms with E-state index < -0.39 is 5.41 Å². The number of hydrogen-bond donors (Lipinski definition) is 2. The Labute approximate surface area is 166 Å². The molecule has 5 aromatic rings. The summed E-state index contributed by atoms with van der Waals surface area (Å²) in [6.07, 6.45) is 0. The normalized spacial score (nSPS) is 15.3. The number of carbonyl (C=O) groups excluding carboxylic acids is 2. The summed E-state index contributed by atoms with van der Waals surface area (Å²) < 4.78 is 0. The number of hydrogen-bond acceptors (Lipinski definition) is 2. The largest absolute Gasteiger partial charge is 0.357 e. The number of aromatic amines is 2. The number of para-hydroxylation sites is 2. The number of Topliss-reactive ketones (excluding diaryl/α,β-unsaturated/α-hetero) is 2. The molecule has 0 unspecified atom stereocenters. The van der Waals surface area contributed by atoms with Crippen molar-refractivity contribution in [1.29, 1.82) is 0 Å². The van der Waals surface area contributed by atoms with Crippen LogP contribution in [0.5, 0.6) is 0 Å². The SMILES string of the molecule is O=C1c2ccccc2C(=O)C1(c1cc2ccccc2[nH]1)c1cc2ccccc2[nH]1. The number of carbonyl (C=O) groups is 2. The first kappa shape index (κ1) is 16.1. The van der Waals surface area contributed by atoms with E-state index in [9.17, 15) is 9.59 Å². The van der Waals surface area contributed by atoms with Gasteiger partial charge in [0.2, 0.25) is 0 Å². The third-order valence-electron chi connectivity index (χ3n) is 5.97. The molecule has 0 aliphatic heterocycles. The zero-order chi connectivity index (χ0) is 19.6. The number of rotatable bonds is 2. The second-order valence-corrected chi connectivity index (χ2v) is 7.49. The highest BCUT2D eigenvalue weighted by Gasteiger charge is 2.57. The van der Waals surface area contributed by atoms with Crippen LogP contribution in [-0.4, -0.2) is 21.5 Å². The predicted molar refractivity (Wildman–Crippen MR) is 112 cm³/mol. The summed E-state index contributed by atoms with van der Waals surface area (Å²) in [6, 6.07) is 26.5. The highest BCUT2D eigenvalue weighted by atomic mass is 16.2. The van der Waals surface area contributed by atoms with Gasteiger partial charge in [-0.15, -0.1) is 0 Å². The van der Waals surface area contributed by atoms with E-state index >= 15 is 0 Å². The van der Waals surface area contributed by atoms with Gasteiger partial charge in [0, 0.05) is 33.5 Å². The lowest BCUT2D eigenvalue weighted by Gasteiger charge is -2.24. The van der Waals surface area contributed by atoms with E-state index in [1.165, 1.54) is 0 Å². The third kappa shape index (κ3) is 1.98. The van der Waals surface area contributed by atoms with E-state index in [-0.39, 0.29) is 11.6 Å². The van der Waals surface area contributed by atoms with Gasteiger partial charge in [-0.05, 0) is 35.0 Å². The van der Waals surface area contributed by atoms with E-state index in [2.05, 4.69) is 9.97 Å². The molecule has 4 heteroatoms. The Kier molecular flexibility index (Phi) is 3.08. The Hall–Kier alpha value is -3.92. The van der Waals surface area contributed by atoms with Crippen LogP contribution in [0.15, 0.2) is 84.9 Å². The van der Waals surface area contributed by atoms with Crippen molar-refractivity contribution >= 4 is 33.4 Å².